The van der Waals surface area contributed by atoms with Gasteiger partial charge >= 0.3 is 5.97 Å². The molecule has 1 saturated heterocycles. The van der Waals surface area contributed by atoms with Crippen molar-refractivity contribution in [3.8, 4) is 0 Å². The van der Waals surface area contributed by atoms with Crippen LogP contribution in [-0.4, -0.2) is 164 Å². The zero-order chi connectivity index (χ0) is 31.4. The van der Waals surface area contributed by atoms with Gasteiger partial charge in [0.2, 0.25) is 0 Å². The van der Waals surface area contributed by atoms with Crippen molar-refractivity contribution in [2.75, 3.05) is 152 Å². The van der Waals surface area contributed by atoms with Crippen molar-refractivity contribution >= 4 is 5.97 Å². The lowest BCUT2D eigenvalue weighted by atomic mass is 10.2. The Morgan fingerprint density at radius 3 is 1.16 bits per heavy atom. The maximum absolute atomic E-state index is 11.1. The fourth-order valence-corrected chi connectivity index (χ4v) is 3.55. The summed E-state index contributed by atoms with van der Waals surface area (Å²) in [6.07, 6.45) is 3.44. The van der Waals surface area contributed by atoms with Crippen molar-refractivity contribution in [2.45, 2.75) is 38.9 Å². The Labute approximate surface area is 263 Å². The lowest BCUT2D eigenvalue weighted by Gasteiger charge is -2.22. The Morgan fingerprint density at radius 2 is 0.841 bits per heavy atom. The molecule has 14 nitrogen and oxygen atoms in total. The minimum absolute atomic E-state index is 0.0680. The Balaban J connectivity index is 1.61. The van der Waals surface area contributed by atoms with Crippen molar-refractivity contribution in [1.29, 1.82) is 0 Å². The summed E-state index contributed by atoms with van der Waals surface area (Å²) >= 11 is 0. The molecule has 262 valence electrons. The highest BCUT2D eigenvalue weighted by molar-refractivity contribution is 5.69. The standard InChI is InChI=1S/C30H58O14/c1-2-42-29(31)6-8-32-9-10-33-11-12-34-13-14-35-15-16-36-17-18-37-19-20-38-21-22-39-23-24-40-25-26-41-27-28-44-30-5-3-4-7-43-30/h30H,2-28H2,1H3. The topological polar surface area (TPSA) is 137 Å². The molecule has 1 heterocycles. The van der Waals surface area contributed by atoms with Crippen molar-refractivity contribution in [2.24, 2.45) is 0 Å². The van der Waals surface area contributed by atoms with Crippen LogP contribution in [0, 0.1) is 0 Å². The highest BCUT2D eigenvalue weighted by atomic mass is 16.7. The fraction of sp³-hybridized carbons (Fsp3) is 0.967. The third kappa shape index (κ3) is 31.0. The van der Waals surface area contributed by atoms with E-state index in [0.717, 1.165) is 25.9 Å². The summed E-state index contributed by atoms with van der Waals surface area (Å²) in [5, 5.41) is 0. The van der Waals surface area contributed by atoms with Crippen LogP contribution >= 0.6 is 0 Å². The van der Waals surface area contributed by atoms with E-state index in [1.165, 1.54) is 0 Å². The van der Waals surface area contributed by atoms with Crippen LogP contribution in [0.5, 0.6) is 0 Å². The first-order valence-corrected chi connectivity index (χ1v) is 16.0. The number of carbonyl (C=O) groups is 1. The molecule has 0 saturated carbocycles. The Morgan fingerprint density at radius 1 is 0.500 bits per heavy atom. The third-order valence-electron chi connectivity index (χ3n) is 5.77. The third-order valence-corrected chi connectivity index (χ3v) is 5.77. The van der Waals surface area contributed by atoms with E-state index < -0.39 is 0 Å². The van der Waals surface area contributed by atoms with Gasteiger partial charge in [0.15, 0.2) is 6.29 Å². The number of carbonyl (C=O) groups excluding carboxylic acids is 1. The van der Waals surface area contributed by atoms with Gasteiger partial charge in [-0.1, -0.05) is 0 Å². The molecular weight excluding hydrogens is 584 g/mol. The van der Waals surface area contributed by atoms with Gasteiger partial charge in [-0.2, -0.15) is 0 Å². The molecule has 1 atom stereocenters. The van der Waals surface area contributed by atoms with Gasteiger partial charge in [0.05, 0.1) is 152 Å². The maximum Gasteiger partial charge on any atom is 0.308 e. The Bertz CT molecular complexity index is 580. The van der Waals surface area contributed by atoms with Gasteiger partial charge in [0.25, 0.3) is 0 Å². The molecule has 1 rings (SSSR count). The SMILES string of the molecule is CCOC(=O)CCOCCOCCOCCOCCOCCOCCOCCOCCOCCOCCOC1CCCCO1. The molecule has 1 aliphatic heterocycles. The first kappa shape index (κ1) is 41.0. The average Bonchev–Trinajstić information content (AvgIpc) is 3.04. The van der Waals surface area contributed by atoms with E-state index in [0.29, 0.717) is 145 Å². The van der Waals surface area contributed by atoms with Crippen LogP contribution < -0.4 is 0 Å². The van der Waals surface area contributed by atoms with E-state index in [1.807, 2.05) is 0 Å². The largest absolute Gasteiger partial charge is 0.466 e. The van der Waals surface area contributed by atoms with E-state index in [1.54, 1.807) is 6.92 Å². The quantitative estimate of drug-likeness (QED) is 0.0732. The van der Waals surface area contributed by atoms with E-state index in [-0.39, 0.29) is 18.7 Å². The summed E-state index contributed by atoms with van der Waals surface area (Å²) in [5.74, 6) is -0.250. The highest BCUT2D eigenvalue weighted by Crippen LogP contribution is 2.13. The predicted molar refractivity (Wildman–Crippen MR) is 159 cm³/mol. The monoisotopic (exact) mass is 642 g/mol. The molecule has 0 aromatic carbocycles. The number of hydrogen-bond donors (Lipinski definition) is 0. The molecule has 0 N–H and O–H groups in total. The van der Waals surface area contributed by atoms with Gasteiger partial charge in [0, 0.05) is 6.61 Å². The molecule has 0 radical (unpaired) electrons. The van der Waals surface area contributed by atoms with Crippen molar-refractivity contribution < 1.29 is 66.4 Å². The molecule has 0 aliphatic carbocycles. The van der Waals surface area contributed by atoms with Crippen LogP contribution in [0.15, 0.2) is 0 Å². The van der Waals surface area contributed by atoms with Crippen LogP contribution in [0.25, 0.3) is 0 Å². The molecule has 1 aliphatic rings. The van der Waals surface area contributed by atoms with Gasteiger partial charge in [-0.15, -0.1) is 0 Å². The zero-order valence-corrected chi connectivity index (χ0v) is 26.9. The molecule has 44 heavy (non-hydrogen) atoms. The summed E-state index contributed by atoms with van der Waals surface area (Å²) < 4.78 is 70.3. The Kier molecular flexibility index (Phi) is 32.5. The first-order chi connectivity index (χ1) is 21.8. The summed E-state index contributed by atoms with van der Waals surface area (Å²) in [6, 6.07) is 0. The molecule has 1 fully saturated rings. The van der Waals surface area contributed by atoms with E-state index >= 15 is 0 Å². The lowest BCUT2D eigenvalue weighted by Crippen LogP contribution is -2.24. The van der Waals surface area contributed by atoms with Crippen LogP contribution in [-0.2, 0) is 66.4 Å². The molecule has 1 unspecified atom stereocenters. The van der Waals surface area contributed by atoms with Crippen molar-refractivity contribution in [3.05, 3.63) is 0 Å². The second kappa shape index (κ2) is 34.9. The van der Waals surface area contributed by atoms with E-state index in [4.69, 9.17) is 61.6 Å². The second-order valence-corrected chi connectivity index (χ2v) is 9.35. The molecular formula is C30H58O14. The van der Waals surface area contributed by atoms with E-state index in [9.17, 15) is 4.79 Å². The minimum Gasteiger partial charge on any atom is -0.466 e. The number of hydrogen-bond acceptors (Lipinski definition) is 14. The normalized spacial score (nSPS) is 15.2. The van der Waals surface area contributed by atoms with Gasteiger partial charge in [-0.25, -0.2) is 0 Å². The van der Waals surface area contributed by atoms with Crippen LogP contribution in [0.3, 0.4) is 0 Å². The van der Waals surface area contributed by atoms with Gasteiger partial charge < -0.3 is 61.6 Å². The average molecular weight is 643 g/mol. The molecule has 0 spiro atoms. The van der Waals surface area contributed by atoms with Crippen LogP contribution in [0.2, 0.25) is 0 Å². The lowest BCUT2D eigenvalue weighted by molar-refractivity contribution is -0.169. The molecule has 0 aromatic rings. The van der Waals surface area contributed by atoms with Gasteiger partial charge in [0.1, 0.15) is 0 Å². The van der Waals surface area contributed by atoms with Gasteiger partial charge in [-0.05, 0) is 26.2 Å². The second-order valence-electron chi connectivity index (χ2n) is 9.35. The summed E-state index contributed by atoms with van der Waals surface area (Å²) in [4.78, 5) is 11.1. The summed E-state index contributed by atoms with van der Waals surface area (Å²) in [5.41, 5.74) is 0. The number of esters is 1. The first-order valence-electron chi connectivity index (χ1n) is 16.0. The molecule has 0 bridgehead atoms. The molecule has 0 aromatic heterocycles. The van der Waals surface area contributed by atoms with Crippen molar-refractivity contribution in [1.82, 2.24) is 0 Å². The number of ether oxygens (including phenoxy) is 13. The predicted octanol–water partition coefficient (Wildman–Crippen LogP) is 1.65. The summed E-state index contributed by atoms with van der Waals surface area (Å²) in [6.45, 7) is 13.3. The van der Waals surface area contributed by atoms with Crippen molar-refractivity contribution in [3.63, 3.8) is 0 Å². The zero-order valence-electron chi connectivity index (χ0n) is 26.9. The minimum atomic E-state index is -0.250. The van der Waals surface area contributed by atoms with E-state index in [2.05, 4.69) is 0 Å². The Hall–Kier alpha value is -1.01. The smallest absolute Gasteiger partial charge is 0.308 e. The summed E-state index contributed by atoms with van der Waals surface area (Å²) in [7, 11) is 0. The van der Waals surface area contributed by atoms with Gasteiger partial charge in [-0.3, -0.25) is 4.79 Å². The van der Waals surface area contributed by atoms with Crippen LogP contribution in [0.4, 0.5) is 0 Å². The number of rotatable bonds is 35. The van der Waals surface area contributed by atoms with Crippen LogP contribution in [0.1, 0.15) is 32.6 Å². The molecule has 0 amide bonds. The molecule has 14 heteroatoms. The maximum atomic E-state index is 11.1. The fourth-order valence-electron chi connectivity index (χ4n) is 3.55. The highest BCUT2D eigenvalue weighted by Gasteiger charge is 2.13.